The Labute approximate surface area is 150 Å². The van der Waals surface area contributed by atoms with E-state index >= 15 is 0 Å². The molecule has 2 aromatic carbocycles. The molecular weight excluding hydrogens is 346 g/mol. The molecule has 0 spiro atoms. The molecule has 0 atom stereocenters. The highest BCUT2D eigenvalue weighted by atomic mass is 35.5. The van der Waals surface area contributed by atoms with Crippen molar-refractivity contribution in [3.63, 3.8) is 0 Å². The number of para-hydroxylation sites is 2. The van der Waals surface area contributed by atoms with Gasteiger partial charge in [0, 0.05) is 5.02 Å². The van der Waals surface area contributed by atoms with Crippen molar-refractivity contribution in [2.45, 2.75) is 6.92 Å². The summed E-state index contributed by atoms with van der Waals surface area (Å²) < 4.78 is 15.3. The van der Waals surface area contributed by atoms with E-state index in [0.717, 1.165) is 5.56 Å². The summed E-state index contributed by atoms with van der Waals surface area (Å²) in [5.41, 5.74) is 1.34. The maximum absolute atomic E-state index is 11.8. The number of methoxy groups -OCH3 is 1. The highest BCUT2D eigenvalue weighted by molar-refractivity contribution is 6.31. The van der Waals surface area contributed by atoms with E-state index in [4.69, 9.17) is 25.8 Å². The topological polar surface area (TPSA) is 73.9 Å². The van der Waals surface area contributed by atoms with Crippen LogP contribution >= 0.6 is 11.6 Å². The molecule has 0 aliphatic rings. The van der Waals surface area contributed by atoms with Gasteiger partial charge in [-0.15, -0.1) is 0 Å². The fourth-order valence-electron chi connectivity index (χ4n) is 1.97. The predicted octanol–water partition coefficient (Wildman–Crippen LogP) is 3.22. The summed E-state index contributed by atoms with van der Waals surface area (Å²) in [5, 5.41) is 3.22. The number of nitrogens with one attached hydrogen (secondary N) is 1. The van der Waals surface area contributed by atoms with Crippen LogP contribution in [0.1, 0.15) is 5.56 Å². The first-order valence-electron chi connectivity index (χ1n) is 7.47. The second kappa shape index (κ2) is 8.94. The molecule has 0 fully saturated rings. The van der Waals surface area contributed by atoms with Gasteiger partial charge in [0.2, 0.25) is 0 Å². The van der Waals surface area contributed by atoms with Gasteiger partial charge >= 0.3 is 5.97 Å². The summed E-state index contributed by atoms with van der Waals surface area (Å²) in [4.78, 5) is 23.5. The summed E-state index contributed by atoms with van der Waals surface area (Å²) >= 11 is 5.92. The van der Waals surface area contributed by atoms with Crippen molar-refractivity contribution in [1.29, 1.82) is 0 Å². The largest absolute Gasteiger partial charge is 0.495 e. The smallest absolute Gasteiger partial charge is 0.344 e. The van der Waals surface area contributed by atoms with Crippen LogP contribution in [0.15, 0.2) is 42.5 Å². The van der Waals surface area contributed by atoms with E-state index in [9.17, 15) is 9.59 Å². The van der Waals surface area contributed by atoms with Crippen molar-refractivity contribution in [3.8, 4) is 11.5 Å². The zero-order valence-corrected chi connectivity index (χ0v) is 14.6. The fraction of sp³-hybridized carbons (Fsp3) is 0.222. The number of hydrogen-bond donors (Lipinski definition) is 1. The van der Waals surface area contributed by atoms with E-state index in [-0.39, 0.29) is 6.61 Å². The Morgan fingerprint density at radius 2 is 1.88 bits per heavy atom. The van der Waals surface area contributed by atoms with Gasteiger partial charge in [0.05, 0.1) is 12.8 Å². The SMILES string of the molecule is COc1ccccc1NC(=O)COC(=O)COc1ccc(Cl)c(C)c1. The number of rotatable bonds is 7. The molecule has 0 unspecified atom stereocenters. The molecule has 2 aromatic rings. The molecule has 0 saturated heterocycles. The second-order valence-corrected chi connectivity index (χ2v) is 5.52. The van der Waals surface area contributed by atoms with E-state index in [0.29, 0.717) is 22.2 Å². The van der Waals surface area contributed by atoms with E-state index in [1.54, 1.807) is 42.5 Å². The molecule has 0 bridgehead atoms. The second-order valence-electron chi connectivity index (χ2n) is 5.11. The predicted molar refractivity (Wildman–Crippen MR) is 94.3 cm³/mol. The van der Waals surface area contributed by atoms with Gasteiger partial charge < -0.3 is 19.5 Å². The lowest BCUT2D eigenvalue weighted by Crippen LogP contribution is -2.23. The van der Waals surface area contributed by atoms with Crippen LogP contribution in [0.2, 0.25) is 5.02 Å². The van der Waals surface area contributed by atoms with Crippen LogP contribution in [-0.4, -0.2) is 32.2 Å². The molecule has 2 rings (SSSR count). The normalized spacial score (nSPS) is 10.0. The van der Waals surface area contributed by atoms with Gasteiger partial charge in [-0.2, -0.15) is 0 Å². The average molecular weight is 364 g/mol. The molecule has 132 valence electrons. The number of carbonyl (C=O) groups excluding carboxylic acids is 2. The lowest BCUT2D eigenvalue weighted by atomic mass is 10.2. The van der Waals surface area contributed by atoms with Crippen molar-refractivity contribution in [3.05, 3.63) is 53.1 Å². The van der Waals surface area contributed by atoms with Crippen LogP contribution in [0.25, 0.3) is 0 Å². The Bertz CT molecular complexity index is 763. The molecule has 0 saturated carbocycles. The number of carbonyl (C=O) groups is 2. The minimum Gasteiger partial charge on any atom is -0.495 e. The number of amides is 1. The van der Waals surface area contributed by atoms with Crippen molar-refractivity contribution in [2.24, 2.45) is 0 Å². The third kappa shape index (κ3) is 5.69. The molecule has 7 heteroatoms. The van der Waals surface area contributed by atoms with E-state index in [1.165, 1.54) is 7.11 Å². The van der Waals surface area contributed by atoms with Crippen molar-refractivity contribution >= 4 is 29.2 Å². The maximum Gasteiger partial charge on any atom is 0.344 e. The van der Waals surface area contributed by atoms with Crippen LogP contribution in [0.4, 0.5) is 5.69 Å². The van der Waals surface area contributed by atoms with Crippen molar-refractivity contribution in [2.75, 3.05) is 25.6 Å². The molecule has 0 aromatic heterocycles. The third-order valence-electron chi connectivity index (χ3n) is 3.23. The van der Waals surface area contributed by atoms with Crippen LogP contribution < -0.4 is 14.8 Å². The van der Waals surface area contributed by atoms with Crippen LogP contribution in [0.5, 0.6) is 11.5 Å². The van der Waals surface area contributed by atoms with Crippen LogP contribution in [0, 0.1) is 6.92 Å². The van der Waals surface area contributed by atoms with Crippen molar-refractivity contribution < 1.29 is 23.8 Å². The van der Waals surface area contributed by atoms with Gasteiger partial charge in [-0.25, -0.2) is 4.79 Å². The number of halogens is 1. The Morgan fingerprint density at radius 3 is 2.60 bits per heavy atom. The molecular formula is C18H18ClNO5. The molecule has 25 heavy (non-hydrogen) atoms. The van der Waals surface area contributed by atoms with Gasteiger partial charge in [0.1, 0.15) is 11.5 Å². The molecule has 0 heterocycles. The monoisotopic (exact) mass is 363 g/mol. The Kier molecular flexibility index (Phi) is 6.65. The molecule has 0 aliphatic carbocycles. The first kappa shape index (κ1) is 18.6. The van der Waals surface area contributed by atoms with Gasteiger partial charge in [-0.1, -0.05) is 23.7 Å². The Hall–Kier alpha value is -2.73. The standard InChI is InChI=1S/C18H18ClNO5/c1-12-9-13(7-8-14(12)19)24-11-18(22)25-10-17(21)20-15-5-3-4-6-16(15)23-2/h3-9H,10-11H2,1-2H3,(H,20,21). The molecule has 0 aliphatic heterocycles. The van der Waals surface area contributed by atoms with Crippen LogP contribution in [-0.2, 0) is 14.3 Å². The van der Waals surface area contributed by atoms with E-state index in [1.807, 2.05) is 6.92 Å². The lowest BCUT2D eigenvalue weighted by Gasteiger charge is -2.10. The molecule has 1 N–H and O–H groups in total. The highest BCUT2D eigenvalue weighted by Gasteiger charge is 2.11. The number of aryl methyl sites for hydroxylation is 1. The van der Waals surface area contributed by atoms with E-state index in [2.05, 4.69) is 5.32 Å². The Morgan fingerprint density at radius 1 is 1.12 bits per heavy atom. The number of ether oxygens (including phenoxy) is 3. The minimum absolute atomic E-state index is 0.303. The molecule has 6 nitrogen and oxygen atoms in total. The maximum atomic E-state index is 11.8. The van der Waals surface area contributed by atoms with Crippen LogP contribution in [0.3, 0.4) is 0 Å². The lowest BCUT2D eigenvalue weighted by molar-refractivity contribution is -0.149. The summed E-state index contributed by atoms with van der Waals surface area (Å²) in [6, 6.07) is 12.0. The van der Waals surface area contributed by atoms with E-state index < -0.39 is 18.5 Å². The minimum atomic E-state index is -0.650. The average Bonchev–Trinajstić information content (AvgIpc) is 2.61. The third-order valence-corrected chi connectivity index (χ3v) is 3.66. The number of benzene rings is 2. The summed E-state index contributed by atoms with van der Waals surface area (Å²) in [6.45, 7) is 1.11. The zero-order chi connectivity index (χ0) is 18.2. The summed E-state index contributed by atoms with van der Waals surface area (Å²) in [7, 11) is 1.50. The number of hydrogen-bond acceptors (Lipinski definition) is 5. The van der Waals surface area contributed by atoms with Gasteiger partial charge in [0.25, 0.3) is 5.91 Å². The zero-order valence-electron chi connectivity index (χ0n) is 13.9. The highest BCUT2D eigenvalue weighted by Crippen LogP contribution is 2.23. The number of anilines is 1. The Balaban J connectivity index is 1.77. The fourth-order valence-corrected chi connectivity index (χ4v) is 2.09. The summed E-state index contributed by atoms with van der Waals surface area (Å²) in [6.07, 6.45) is 0. The quantitative estimate of drug-likeness (QED) is 0.764. The molecule has 1 amide bonds. The molecule has 0 radical (unpaired) electrons. The number of esters is 1. The van der Waals surface area contributed by atoms with Gasteiger partial charge in [0.15, 0.2) is 13.2 Å². The van der Waals surface area contributed by atoms with Gasteiger partial charge in [-0.3, -0.25) is 4.79 Å². The first-order valence-corrected chi connectivity index (χ1v) is 7.85. The van der Waals surface area contributed by atoms with Crippen molar-refractivity contribution in [1.82, 2.24) is 0 Å². The van der Waals surface area contributed by atoms with Gasteiger partial charge in [-0.05, 0) is 42.8 Å². The summed E-state index contributed by atoms with van der Waals surface area (Å²) in [5.74, 6) is -0.107. The first-order chi connectivity index (χ1) is 12.0.